The van der Waals surface area contributed by atoms with Crippen LogP contribution in [0.3, 0.4) is 0 Å². The Morgan fingerprint density at radius 3 is 1.71 bits per heavy atom. The minimum Gasteiger partial charge on any atom is -0.264 e. The van der Waals surface area contributed by atoms with Crippen LogP contribution in [0.2, 0.25) is 0 Å². The monoisotopic (exact) mass is 168 g/mol. The predicted octanol–water partition coefficient (Wildman–Crippen LogP) is -0.567. The molecule has 0 spiro atoms. The molecule has 0 heterocycles. The van der Waals surface area contributed by atoms with Gasteiger partial charge in [-0.1, -0.05) is 0 Å². The van der Waals surface area contributed by atoms with Gasteiger partial charge in [-0.2, -0.15) is 8.42 Å². The molecular weight excluding hydrogens is 164 g/mol. The molecule has 0 aliphatic rings. The third-order valence-corrected chi connectivity index (χ3v) is 0.632. The van der Waals surface area contributed by atoms with Crippen LogP contribution in [0.5, 0.6) is 0 Å². The van der Waals surface area contributed by atoms with Crippen LogP contribution >= 0.6 is 0 Å². The van der Waals surface area contributed by atoms with Gasteiger partial charge in [0.05, 0.1) is 7.11 Å². The fraction of sp³-hybridized carbons (Fsp3) is 1.00. The summed E-state index contributed by atoms with van der Waals surface area (Å²) < 4.78 is 29.7. The zero-order chi connectivity index (χ0) is 5.21. The molecule has 1 N–H and O–H groups in total. The summed E-state index contributed by atoms with van der Waals surface area (Å²) in [5, 5.41) is 0. The minimum atomic E-state index is -4.16. The summed E-state index contributed by atoms with van der Waals surface area (Å²) in [7, 11) is -3.29. The van der Waals surface area contributed by atoms with Gasteiger partial charge in [-0.05, 0) is 0 Å². The Morgan fingerprint density at radius 1 is 1.57 bits per heavy atom. The standard InChI is InChI=1S/CH4O4S.Fe/c1-5-6(2,3)4;/h1H3,(H,2,3,4);. The van der Waals surface area contributed by atoms with Crippen LogP contribution in [-0.4, -0.2) is 20.1 Å². The zero-order valence-electron chi connectivity index (χ0n) is 3.43. The van der Waals surface area contributed by atoms with Gasteiger partial charge in [-0.3, -0.25) is 8.74 Å². The second-order valence-corrected chi connectivity index (χ2v) is 1.78. The fourth-order valence-electron chi connectivity index (χ4n) is 0. The van der Waals surface area contributed by atoms with Crippen LogP contribution in [0.1, 0.15) is 0 Å². The van der Waals surface area contributed by atoms with Crippen molar-refractivity contribution in [3.8, 4) is 0 Å². The molecule has 0 atom stereocenters. The maximum Gasteiger partial charge on any atom is 0.397 e. The van der Waals surface area contributed by atoms with E-state index in [9.17, 15) is 8.42 Å². The predicted molar refractivity (Wildman–Crippen MR) is 18.6 cm³/mol. The molecule has 0 aliphatic carbocycles. The van der Waals surface area contributed by atoms with E-state index in [0.717, 1.165) is 7.11 Å². The molecule has 7 heavy (non-hydrogen) atoms. The van der Waals surface area contributed by atoms with Crippen molar-refractivity contribution in [2.75, 3.05) is 7.11 Å². The second kappa shape index (κ2) is 3.40. The topological polar surface area (TPSA) is 63.6 Å². The van der Waals surface area contributed by atoms with Crippen molar-refractivity contribution >= 4 is 10.4 Å². The van der Waals surface area contributed by atoms with Gasteiger partial charge in [0.15, 0.2) is 0 Å². The fourth-order valence-corrected chi connectivity index (χ4v) is 0. The van der Waals surface area contributed by atoms with Gasteiger partial charge in [-0.15, -0.1) is 0 Å². The molecule has 0 amide bonds. The first-order valence-corrected chi connectivity index (χ1v) is 2.46. The second-order valence-electron chi connectivity index (χ2n) is 0.594. The molecule has 0 fully saturated rings. The Kier molecular flexibility index (Phi) is 5.04. The van der Waals surface area contributed by atoms with Crippen LogP contribution in [0.4, 0.5) is 0 Å². The van der Waals surface area contributed by atoms with Crippen molar-refractivity contribution in [2.45, 2.75) is 0 Å². The summed E-state index contributed by atoms with van der Waals surface area (Å²) in [5.74, 6) is 0. The van der Waals surface area contributed by atoms with E-state index < -0.39 is 10.4 Å². The molecule has 0 rings (SSSR count). The molecule has 0 aromatic heterocycles. The Balaban J connectivity index is 0. The molecular formula is CH4FeO4S. The summed E-state index contributed by atoms with van der Waals surface area (Å²) in [5.41, 5.74) is 0. The quantitative estimate of drug-likeness (QED) is 0.420. The van der Waals surface area contributed by atoms with E-state index >= 15 is 0 Å². The number of hydrogen-bond donors (Lipinski definition) is 1. The van der Waals surface area contributed by atoms with E-state index in [-0.39, 0.29) is 17.1 Å². The van der Waals surface area contributed by atoms with Gasteiger partial charge in [-0.25, -0.2) is 0 Å². The van der Waals surface area contributed by atoms with Gasteiger partial charge in [0.1, 0.15) is 0 Å². The minimum absolute atomic E-state index is 0. The molecule has 0 unspecified atom stereocenters. The van der Waals surface area contributed by atoms with Gasteiger partial charge >= 0.3 is 10.4 Å². The zero-order valence-corrected chi connectivity index (χ0v) is 5.35. The first-order chi connectivity index (χ1) is 2.56. The third-order valence-electron chi connectivity index (χ3n) is 0.211. The number of rotatable bonds is 1. The Morgan fingerprint density at radius 2 is 1.71 bits per heavy atom. The van der Waals surface area contributed by atoms with Crippen LogP contribution in [0.15, 0.2) is 0 Å². The van der Waals surface area contributed by atoms with Crippen molar-refractivity contribution in [2.24, 2.45) is 0 Å². The van der Waals surface area contributed by atoms with E-state index in [0.29, 0.717) is 0 Å². The molecule has 0 radical (unpaired) electrons. The Labute approximate surface area is 52.3 Å². The molecule has 0 bridgehead atoms. The van der Waals surface area contributed by atoms with Gasteiger partial charge < -0.3 is 0 Å². The van der Waals surface area contributed by atoms with Crippen molar-refractivity contribution < 1.29 is 34.2 Å². The molecule has 0 aromatic rings. The van der Waals surface area contributed by atoms with E-state index in [4.69, 9.17) is 4.55 Å². The molecule has 4 nitrogen and oxygen atoms in total. The van der Waals surface area contributed by atoms with Gasteiger partial charge in [0.25, 0.3) is 0 Å². The van der Waals surface area contributed by atoms with Gasteiger partial charge in [0.2, 0.25) is 0 Å². The van der Waals surface area contributed by atoms with Crippen LogP contribution in [-0.2, 0) is 31.7 Å². The van der Waals surface area contributed by atoms with Crippen LogP contribution < -0.4 is 0 Å². The van der Waals surface area contributed by atoms with Crippen molar-refractivity contribution in [1.29, 1.82) is 0 Å². The SMILES string of the molecule is COS(=O)(=O)O.[Fe]. The summed E-state index contributed by atoms with van der Waals surface area (Å²) in [6.45, 7) is 0. The average Bonchev–Trinajstić information content (AvgIpc) is 1.35. The maximum atomic E-state index is 9.33. The largest absolute Gasteiger partial charge is 0.397 e. The van der Waals surface area contributed by atoms with Crippen LogP contribution in [0, 0.1) is 0 Å². The summed E-state index contributed by atoms with van der Waals surface area (Å²) >= 11 is 0. The van der Waals surface area contributed by atoms with Crippen molar-refractivity contribution in [3.63, 3.8) is 0 Å². The van der Waals surface area contributed by atoms with E-state index in [1.54, 1.807) is 0 Å². The molecule has 46 valence electrons. The van der Waals surface area contributed by atoms with E-state index in [1.807, 2.05) is 0 Å². The first-order valence-electron chi connectivity index (χ1n) is 1.09. The number of hydrogen-bond acceptors (Lipinski definition) is 3. The van der Waals surface area contributed by atoms with Gasteiger partial charge in [0, 0.05) is 17.1 Å². The third kappa shape index (κ3) is 10.7. The van der Waals surface area contributed by atoms with Crippen molar-refractivity contribution in [3.05, 3.63) is 0 Å². The summed E-state index contributed by atoms with van der Waals surface area (Å²) in [6, 6.07) is 0. The van der Waals surface area contributed by atoms with E-state index in [1.165, 1.54) is 0 Å². The Hall–Kier alpha value is 0.389. The maximum absolute atomic E-state index is 9.33. The smallest absolute Gasteiger partial charge is 0.264 e. The summed E-state index contributed by atoms with van der Waals surface area (Å²) in [4.78, 5) is 0. The van der Waals surface area contributed by atoms with E-state index in [2.05, 4.69) is 4.18 Å². The summed E-state index contributed by atoms with van der Waals surface area (Å²) in [6.07, 6.45) is 0. The van der Waals surface area contributed by atoms with Crippen molar-refractivity contribution in [1.82, 2.24) is 0 Å². The first kappa shape index (κ1) is 10.4. The molecule has 0 aromatic carbocycles. The molecule has 0 saturated heterocycles. The Bertz CT molecular complexity index is 114. The molecule has 0 aliphatic heterocycles. The van der Waals surface area contributed by atoms with Crippen LogP contribution in [0.25, 0.3) is 0 Å². The molecule has 0 saturated carbocycles. The molecule has 6 heteroatoms. The normalized spacial score (nSPS) is 10.0. The average molecular weight is 168 g/mol.